The third-order valence-electron chi connectivity index (χ3n) is 4.58. The second-order valence-electron chi connectivity index (χ2n) is 6.17. The van der Waals surface area contributed by atoms with E-state index in [0.717, 1.165) is 29.7 Å². The van der Waals surface area contributed by atoms with Crippen molar-refractivity contribution < 1.29 is 4.79 Å². The summed E-state index contributed by atoms with van der Waals surface area (Å²) in [6.07, 6.45) is 3.27. The number of hydrogen-bond donors (Lipinski definition) is 2. The van der Waals surface area contributed by atoms with E-state index in [1.54, 1.807) is 5.38 Å². The van der Waals surface area contributed by atoms with Crippen LogP contribution < -0.4 is 0 Å². The molecule has 1 saturated heterocycles. The molecule has 0 bridgehead atoms. The lowest BCUT2D eigenvalue weighted by atomic mass is 10.2. The van der Waals surface area contributed by atoms with E-state index in [0.29, 0.717) is 23.1 Å². The van der Waals surface area contributed by atoms with Gasteiger partial charge in [-0.15, -0.1) is 11.3 Å². The number of aromatic amines is 2. The van der Waals surface area contributed by atoms with Gasteiger partial charge in [0.25, 0.3) is 5.91 Å². The minimum absolute atomic E-state index is 0.0506. The Morgan fingerprint density at radius 2 is 2.19 bits per heavy atom. The molecule has 2 N–H and O–H groups in total. The molecule has 1 amide bonds. The number of carbonyl (C=O) groups is 1. The number of fused-ring (bicyclic) bond motifs is 1. The predicted octanol–water partition coefficient (Wildman–Crippen LogP) is 2.78. The summed E-state index contributed by atoms with van der Waals surface area (Å²) in [5.41, 5.74) is 2.34. The van der Waals surface area contributed by atoms with Crippen LogP contribution >= 0.6 is 11.3 Å². The SMILES string of the molecule is O=C(c1csc(-c2ncn[nH]2)n1)N1CCC[C@H]1c1nc2ccccc2[nH]1. The second kappa shape index (κ2) is 6.03. The third-order valence-corrected chi connectivity index (χ3v) is 5.43. The second-order valence-corrected chi connectivity index (χ2v) is 7.03. The van der Waals surface area contributed by atoms with Gasteiger partial charge in [-0.3, -0.25) is 9.89 Å². The molecule has 0 saturated carbocycles. The Labute approximate surface area is 152 Å². The zero-order valence-electron chi connectivity index (χ0n) is 13.7. The largest absolute Gasteiger partial charge is 0.340 e. The molecule has 130 valence electrons. The lowest BCUT2D eigenvalue weighted by molar-refractivity contribution is 0.0725. The molecule has 5 rings (SSSR count). The molecule has 0 unspecified atom stereocenters. The molecule has 1 atom stereocenters. The fourth-order valence-electron chi connectivity index (χ4n) is 3.36. The maximum atomic E-state index is 13.0. The van der Waals surface area contributed by atoms with Crippen molar-refractivity contribution in [3.8, 4) is 10.8 Å². The lowest BCUT2D eigenvalue weighted by Gasteiger charge is -2.22. The highest BCUT2D eigenvalue weighted by Crippen LogP contribution is 2.33. The number of H-pyrrole nitrogens is 2. The van der Waals surface area contributed by atoms with Crippen LogP contribution in [0.4, 0.5) is 0 Å². The number of imidazole rings is 1. The number of para-hydroxylation sites is 2. The van der Waals surface area contributed by atoms with Gasteiger partial charge in [0.05, 0.1) is 17.1 Å². The van der Waals surface area contributed by atoms with Gasteiger partial charge >= 0.3 is 0 Å². The molecule has 4 heterocycles. The maximum absolute atomic E-state index is 13.0. The minimum atomic E-state index is -0.0741. The van der Waals surface area contributed by atoms with Crippen LogP contribution in [0.2, 0.25) is 0 Å². The van der Waals surface area contributed by atoms with Crippen LogP contribution in [0, 0.1) is 0 Å². The molecule has 1 aliphatic heterocycles. The average Bonchev–Trinajstić information content (AvgIpc) is 3.47. The van der Waals surface area contributed by atoms with Crippen LogP contribution in [-0.2, 0) is 0 Å². The predicted molar refractivity (Wildman–Crippen MR) is 96.6 cm³/mol. The summed E-state index contributed by atoms with van der Waals surface area (Å²) in [5.74, 6) is 1.34. The topological polar surface area (TPSA) is 103 Å². The first-order valence-corrected chi connectivity index (χ1v) is 9.24. The van der Waals surface area contributed by atoms with Crippen LogP contribution in [0.25, 0.3) is 21.9 Å². The monoisotopic (exact) mass is 365 g/mol. The molecule has 0 radical (unpaired) electrons. The molecule has 0 spiro atoms. The maximum Gasteiger partial charge on any atom is 0.273 e. The Morgan fingerprint density at radius 1 is 1.27 bits per heavy atom. The number of amides is 1. The van der Waals surface area contributed by atoms with Gasteiger partial charge < -0.3 is 9.88 Å². The summed E-state index contributed by atoms with van der Waals surface area (Å²) in [7, 11) is 0. The van der Waals surface area contributed by atoms with Crippen molar-refractivity contribution in [1.82, 2.24) is 35.0 Å². The van der Waals surface area contributed by atoms with Crippen LogP contribution in [0.1, 0.15) is 35.2 Å². The number of likely N-dealkylation sites (tertiary alicyclic amines) is 1. The number of carbonyl (C=O) groups excluding carboxylic acids is 1. The first-order valence-electron chi connectivity index (χ1n) is 8.36. The molecule has 0 aliphatic carbocycles. The first kappa shape index (κ1) is 15.2. The fraction of sp³-hybridized carbons (Fsp3) is 0.235. The number of rotatable bonds is 3. The Bertz CT molecular complexity index is 1030. The molecule has 8 nitrogen and oxygen atoms in total. The van der Waals surface area contributed by atoms with Crippen LogP contribution in [0.5, 0.6) is 0 Å². The van der Waals surface area contributed by atoms with Crippen molar-refractivity contribution in [1.29, 1.82) is 0 Å². The molecule has 4 aromatic rings. The quantitative estimate of drug-likeness (QED) is 0.581. The molecule has 3 aromatic heterocycles. The summed E-state index contributed by atoms with van der Waals surface area (Å²) < 4.78 is 0. The molecule has 1 aromatic carbocycles. The minimum Gasteiger partial charge on any atom is -0.340 e. The van der Waals surface area contributed by atoms with Gasteiger partial charge in [-0.2, -0.15) is 5.10 Å². The van der Waals surface area contributed by atoms with E-state index < -0.39 is 0 Å². The highest BCUT2D eigenvalue weighted by atomic mass is 32.1. The van der Waals surface area contributed by atoms with Gasteiger partial charge in [-0.25, -0.2) is 15.0 Å². The van der Waals surface area contributed by atoms with Gasteiger partial charge in [0.1, 0.15) is 17.8 Å². The smallest absolute Gasteiger partial charge is 0.273 e. The normalized spacial score (nSPS) is 17.2. The Hall–Kier alpha value is -3.07. The van der Waals surface area contributed by atoms with Gasteiger partial charge in [0.15, 0.2) is 10.8 Å². The molecular formula is C17H15N7OS. The zero-order valence-corrected chi connectivity index (χ0v) is 14.5. The number of thiazole rings is 1. The van der Waals surface area contributed by atoms with Crippen LogP contribution in [-0.4, -0.2) is 47.5 Å². The van der Waals surface area contributed by atoms with Gasteiger partial charge in [-0.1, -0.05) is 12.1 Å². The van der Waals surface area contributed by atoms with Crippen molar-refractivity contribution in [2.75, 3.05) is 6.54 Å². The van der Waals surface area contributed by atoms with Crippen molar-refractivity contribution in [2.24, 2.45) is 0 Å². The number of aromatic nitrogens is 6. The third kappa shape index (κ3) is 2.48. The Kier molecular flexibility index (Phi) is 3.52. The lowest BCUT2D eigenvalue weighted by Crippen LogP contribution is -2.31. The van der Waals surface area contributed by atoms with Gasteiger partial charge in [0.2, 0.25) is 0 Å². The van der Waals surface area contributed by atoms with Crippen molar-refractivity contribution in [3.63, 3.8) is 0 Å². The summed E-state index contributed by atoms with van der Waals surface area (Å²) in [6, 6.07) is 7.86. The van der Waals surface area contributed by atoms with Crippen LogP contribution in [0.3, 0.4) is 0 Å². The Morgan fingerprint density at radius 3 is 3.04 bits per heavy atom. The molecule has 1 aliphatic rings. The van der Waals surface area contributed by atoms with E-state index >= 15 is 0 Å². The molecule has 9 heteroatoms. The number of benzene rings is 1. The highest BCUT2D eigenvalue weighted by Gasteiger charge is 2.33. The molecule has 26 heavy (non-hydrogen) atoms. The summed E-state index contributed by atoms with van der Waals surface area (Å²) in [4.78, 5) is 31.4. The number of nitrogens with zero attached hydrogens (tertiary/aromatic N) is 5. The van der Waals surface area contributed by atoms with Crippen LogP contribution in [0.15, 0.2) is 36.0 Å². The fourth-order valence-corrected chi connectivity index (χ4v) is 4.10. The van der Waals surface area contributed by atoms with Crippen molar-refractivity contribution >= 4 is 28.3 Å². The number of hydrogen-bond acceptors (Lipinski definition) is 6. The van der Waals surface area contributed by atoms with E-state index in [1.807, 2.05) is 29.2 Å². The molecular weight excluding hydrogens is 350 g/mol. The van der Waals surface area contributed by atoms with E-state index in [4.69, 9.17) is 0 Å². The van der Waals surface area contributed by atoms with E-state index in [1.165, 1.54) is 17.7 Å². The summed E-state index contributed by atoms with van der Waals surface area (Å²) in [6.45, 7) is 0.704. The molecule has 1 fully saturated rings. The zero-order chi connectivity index (χ0) is 17.5. The highest BCUT2D eigenvalue weighted by molar-refractivity contribution is 7.13. The summed E-state index contributed by atoms with van der Waals surface area (Å²) in [5, 5.41) is 9.03. The number of nitrogens with one attached hydrogen (secondary N) is 2. The first-order chi connectivity index (χ1) is 12.8. The van der Waals surface area contributed by atoms with Crippen molar-refractivity contribution in [3.05, 3.63) is 47.5 Å². The van der Waals surface area contributed by atoms with Gasteiger partial charge in [0, 0.05) is 11.9 Å². The van der Waals surface area contributed by atoms with E-state index in [-0.39, 0.29) is 11.9 Å². The van der Waals surface area contributed by atoms with E-state index in [2.05, 4.69) is 30.1 Å². The average molecular weight is 365 g/mol. The summed E-state index contributed by atoms with van der Waals surface area (Å²) >= 11 is 1.38. The van der Waals surface area contributed by atoms with Gasteiger partial charge in [-0.05, 0) is 25.0 Å². The standard InChI is InChI=1S/C17H15N7OS/c25-17(12-8-26-16(22-12)15-18-9-19-23-15)24-7-3-6-13(24)14-20-10-4-1-2-5-11(10)21-14/h1-2,4-5,8-9,13H,3,6-7H2,(H,20,21)(H,18,19,23)/t13-/m0/s1. The van der Waals surface area contributed by atoms with Crippen molar-refractivity contribution in [2.45, 2.75) is 18.9 Å². The van der Waals surface area contributed by atoms with E-state index in [9.17, 15) is 4.79 Å². The Balaban J connectivity index is 1.44.